The van der Waals surface area contributed by atoms with Gasteiger partial charge in [0.1, 0.15) is 6.07 Å². The lowest BCUT2D eigenvalue weighted by molar-refractivity contribution is -0.384. The van der Waals surface area contributed by atoms with Crippen molar-refractivity contribution < 1.29 is 14.4 Å². The van der Waals surface area contributed by atoms with E-state index in [2.05, 4.69) is 5.32 Å². The molecule has 0 aromatic heterocycles. The molecule has 7 heteroatoms. The van der Waals surface area contributed by atoms with E-state index in [0.717, 1.165) is 0 Å². The van der Waals surface area contributed by atoms with Crippen molar-refractivity contribution >= 4 is 11.4 Å². The Morgan fingerprint density at radius 3 is 2.65 bits per heavy atom. The van der Waals surface area contributed by atoms with Crippen LogP contribution in [0.5, 0.6) is 0 Å². The van der Waals surface area contributed by atoms with Crippen molar-refractivity contribution in [2.75, 3.05) is 18.5 Å². The molecule has 1 heterocycles. The highest BCUT2D eigenvalue weighted by Gasteiger charge is 2.28. The maximum absolute atomic E-state index is 10.7. The van der Waals surface area contributed by atoms with E-state index in [1.54, 1.807) is 0 Å². The lowest BCUT2D eigenvalue weighted by atomic mass is 10.1. The Morgan fingerprint density at radius 2 is 2.10 bits per heavy atom. The Bertz CT molecular complexity index is 555. The van der Waals surface area contributed by atoms with Gasteiger partial charge in [-0.25, -0.2) is 0 Å². The molecule has 0 radical (unpaired) electrons. The maximum atomic E-state index is 10.7. The van der Waals surface area contributed by atoms with Crippen molar-refractivity contribution in [1.82, 2.24) is 0 Å². The minimum atomic E-state index is -0.605. The molecule has 0 atom stereocenters. The van der Waals surface area contributed by atoms with Gasteiger partial charge in [-0.2, -0.15) is 5.26 Å². The van der Waals surface area contributed by atoms with Gasteiger partial charge in [-0.15, -0.1) is 0 Å². The van der Waals surface area contributed by atoms with Crippen LogP contribution in [0, 0.1) is 21.4 Å². The van der Waals surface area contributed by atoms with Crippen LogP contribution in [-0.2, 0) is 9.47 Å². The second kappa shape index (κ2) is 5.45. The first-order valence-corrected chi connectivity index (χ1v) is 6.14. The zero-order valence-corrected chi connectivity index (χ0v) is 11.3. The largest absolute Gasteiger partial charge is 0.377 e. The third-order valence-corrected chi connectivity index (χ3v) is 2.96. The van der Waals surface area contributed by atoms with Crippen LogP contribution in [-0.4, -0.2) is 30.0 Å². The molecule has 1 aliphatic heterocycles. The Balaban J connectivity index is 2.10. The van der Waals surface area contributed by atoms with Gasteiger partial charge in [-0.1, -0.05) is 0 Å². The van der Waals surface area contributed by atoms with E-state index in [0.29, 0.717) is 18.9 Å². The van der Waals surface area contributed by atoms with E-state index in [9.17, 15) is 10.1 Å². The Hall–Kier alpha value is -2.17. The molecule has 1 saturated heterocycles. The summed E-state index contributed by atoms with van der Waals surface area (Å²) in [5, 5.41) is 22.8. The van der Waals surface area contributed by atoms with Gasteiger partial charge in [-0.3, -0.25) is 10.1 Å². The van der Waals surface area contributed by atoms with Crippen LogP contribution >= 0.6 is 0 Å². The van der Waals surface area contributed by atoms with Gasteiger partial charge in [0.2, 0.25) is 0 Å². The fraction of sp³-hybridized carbons (Fsp3) is 0.462. The monoisotopic (exact) mass is 277 g/mol. The van der Waals surface area contributed by atoms with Crippen LogP contribution in [0.3, 0.4) is 0 Å². The smallest absolute Gasteiger partial charge is 0.270 e. The summed E-state index contributed by atoms with van der Waals surface area (Å²) in [7, 11) is 0. The Morgan fingerprint density at radius 1 is 1.45 bits per heavy atom. The van der Waals surface area contributed by atoms with Crippen molar-refractivity contribution in [3.8, 4) is 6.07 Å². The molecule has 1 aromatic carbocycles. The highest BCUT2D eigenvalue weighted by molar-refractivity contribution is 5.61. The van der Waals surface area contributed by atoms with E-state index in [-0.39, 0.29) is 17.3 Å². The fourth-order valence-corrected chi connectivity index (χ4v) is 1.86. The normalized spacial score (nSPS) is 18.2. The summed E-state index contributed by atoms with van der Waals surface area (Å²) >= 11 is 0. The molecule has 1 aliphatic rings. The summed E-state index contributed by atoms with van der Waals surface area (Å²) in [6.45, 7) is 4.54. The molecule has 0 saturated carbocycles. The van der Waals surface area contributed by atoms with Crippen LogP contribution in [0.4, 0.5) is 11.4 Å². The molecule has 0 aliphatic carbocycles. The summed E-state index contributed by atoms with van der Waals surface area (Å²) < 4.78 is 11.0. The van der Waals surface area contributed by atoms with Gasteiger partial charge in [0.15, 0.2) is 5.79 Å². The third-order valence-electron chi connectivity index (χ3n) is 2.96. The van der Waals surface area contributed by atoms with Crippen molar-refractivity contribution in [1.29, 1.82) is 5.26 Å². The first-order chi connectivity index (χ1) is 9.41. The van der Waals surface area contributed by atoms with Gasteiger partial charge in [0.05, 0.1) is 35.4 Å². The van der Waals surface area contributed by atoms with E-state index < -0.39 is 10.7 Å². The lowest BCUT2D eigenvalue weighted by Gasteiger charge is -2.35. The SMILES string of the molecule is CC1(C)OCC(Nc2ccc([N+](=O)[O-])cc2C#N)CO1. The standard InChI is InChI=1S/C13H15N3O4/c1-13(2)19-7-10(8-20-13)15-12-4-3-11(16(17)18)5-9(12)6-14/h3-5,10,15H,7-8H2,1-2H3. The van der Waals surface area contributed by atoms with Crippen LogP contribution in [0.2, 0.25) is 0 Å². The van der Waals surface area contributed by atoms with Gasteiger partial charge >= 0.3 is 0 Å². The summed E-state index contributed by atoms with van der Waals surface area (Å²) in [5.41, 5.74) is 0.656. The minimum absolute atomic E-state index is 0.100. The quantitative estimate of drug-likeness (QED) is 0.670. The van der Waals surface area contributed by atoms with E-state index >= 15 is 0 Å². The summed E-state index contributed by atoms with van der Waals surface area (Å²) in [5.74, 6) is -0.605. The van der Waals surface area contributed by atoms with Crippen LogP contribution < -0.4 is 5.32 Å². The highest BCUT2D eigenvalue weighted by Crippen LogP contribution is 2.24. The van der Waals surface area contributed by atoms with E-state index in [1.165, 1.54) is 18.2 Å². The second-order valence-corrected chi connectivity index (χ2v) is 4.96. The first-order valence-electron chi connectivity index (χ1n) is 6.14. The molecule has 106 valence electrons. The third kappa shape index (κ3) is 3.23. The molecule has 0 amide bonds. The summed E-state index contributed by atoms with van der Waals surface area (Å²) in [6.07, 6.45) is 0. The average Bonchev–Trinajstić information content (AvgIpc) is 2.41. The molecule has 0 unspecified atom stereocenters. The molecule has 2 rings (SSSR count). The number of benzene rings is 1. The number of hydrogen-bond acceptors (Lipinski definition) is 6. The van der Waals surface area contributed by atoms with E-state index in [4.69, 9.17) is 14.7 Å². The number of nitro groups is 1. The van der Waals surface area contributed by atoms with Crippen LogP contribution in [0.1, 0.15) is 19.4 Å². The lowest BCUT2D eigenvalue weighted by Crippen LogP contribution is -2.45. The average molecular weight is 277 g/mol. The van der Waals surface area contributed by atoms with E-state index in [1.807, 2.05) is 19.9 Å². The second-order valence-electron chi connectivity index (χ2n) is 4.96. The van der Waals surface area contributed by atoms with Gasteiger partial charge in [-0.05, 0) is 19.9 Å². The zero-order chi connectivity index (χ0) is 14.8. The molecule has 1 N–H and O–H groups in total. The van der Waals surface area contributed by atoms with Crippen LogP contribution in [0.15, 0.2) is 18.2 Å². The molecule has 0 bridgehead atoms. The summed E-state index contributed by atoms with van der Waals surface area (Å²) in [6, 6.07) is 5.98. The predicted octanol–water partition coefficient (Wildman–Crippen LogP) is 2.03. The maximum Gasteiger partial charge on any atom is 0.270 e. The van der Waals surface area contributed by atoms with Gasteiger partial charge < -0.3 is 14.8 Å². The number of nitrogens with zero attached hydrogens (tertiary/aromatic N) is 2. The number of nitro benzene ring substituents is 1. The number of hydrogen-bond donors (Lipinski definition) is 1. The van der Waals surface area contributed by atoms with Crippen molar-refractivity contribution in [2.24, 2.45) is 0 Å². The van der Waals surface area contributed by atoms with Crippen LogP contribution in [0.25, 0.3) is 0 Å². The minimum Gasteiger partial charge on any atom is -0.377 e. The van der Waals surface area contributed by atoms with Crippen molar-refractivity contribution in [3.05, 3.63) is 33.9 Å². The molecule has 1 fully saturated rings. The summed E-state index contributed by atoms with van der Waals surface area (Å²) in [4.78, 5) is 10.1. The number of rotatable bonds is 3. The highest BCUT2D eigenvalue weighted by atomic mass is 16.7. The predicted molar refractivity (Wildman–Crippen MR) is 71.2 cm³/mol. The van der Waals surface area contributed by atoms with Gasteiger partial charge in [0.25, 0.3) is 5.69 Å². The van der Waals surface area contributed by atoms with Crippen molar-refractivity contribution in [3.63, 3.8) is 0 Å². The number of anilines is 1. The molecule has 0 spiro atoms. The topological polar surface area (TPSA) is 97.4 Å². The van der Waals surface area contributed by atoms with Gasteiger partial charge in [0, 0.05) is 12.1 Å². The Labute approximate surface area is 116 Å². The van der Waals surface area contributed by atoms with Crippen molar-refractivity contribution in [2.45, 2.75) is 25.7 Å². The number of nitrogens with one attached hydrogen (secondary N) is 1. The molecular weight excluding hydrogens is 262 g/mol. The molecule has 7 nitrogen and oxygen atoms in total. The number of non-ortho nitro benzene ring substituents is 1. The molecular formula is C13H15N3O4. The number of nitriles is 1. The Kier molecular flexibility index (Phi) is 3.88. The first kappa shape index (κ1) is 14.2. The fourth-order valence-electron chi connectivity index (χ4n) is 1.86. The molecule has 1 aromatic rings. The zero-order valence-electron chi connectivity index (χ0n) is 11.3. The molecule has 20 heavy (non-hydrogen) atoms. The number of ether oxygens (including phenoxy) is 2.